The number of carbonyl (C=O) groups is 1. The number of rotatable bonds is 0. The highest BCUT2D eigenvalue weighted by atomic mass is 16.1. The third-order valence-electron chi connectivity index (χ3n) is 3.22. The van der Waals surface area contributed by atoms with Crippen molar-refractivity contribution in [1.29, 1.82) is 0 Å². The highest BCUT2D eigenvalue weighted by Crippen LogP contribution is 2.34. The Bertz CT molecular complexity index is 656. The van der Waals surface area contributed by atoms with Crippen LogP contribution in [-0.2, 0) is 0 Å². The highest BCUT2D eigenvalue weighted by molar-refractivity contribution is 6.12. The first kappa shape index (κ1) is 10.8. The van der Waals surface area contributed by atoms with Gasteiger partial charge in [0.05, 0.1) is 0 Å². The van der Waals surface area contributed by atoms with Gasteiger partial charge in [0.1, 0.15) is 0 Å². The Morgan fingerprint density at radius 3 is 2.22 bits per heavy atom. The molecule has 0 aromatic heterocycles. The van der Waals surface area contributed by atoms with Gasteiger partial charge in [0.25, 0.3) is 5.91 Å². The number of nitrogens with one attached hydrogen (secondary N) is 1. The van der Waals surface area contributed by atoms with Crippen molar-refractivity contribution >= 4 is 17.2 Å². The zero-order valence-electron chi connectivity index (χ0n) is 10.1. The molecule has 0 unspecified atom stereocenters. The molecule has 1 amide bonds. The lowest BCUT2D eigenvalue weighted by atomic mass is 9.94. The Labute approximate surface area is 106 Å². The van der Waals surface area contributed by atoms with Crippen LogP contribution in [0.15, 0.2) is 54.6 Å². The molecule has 0 aliphatic carbocycles. The van der Waals surface area contributed by atoms with Crippen molar-refractivity contribution in [3.05, 3.63) is 71.3 Å². The van der Waals surface area contributed by atoms with Crippen molar-refractivity contribution in [2.24, 2.45) is 0 Å². The lowest BCUT2D eigenvalue weighted by molar-refractivity contribution is 0.102. The molecule has 2 nitrogen and oxygen atoms in total. The smallest absolute Gasteiger partial charge is 0.256 e. The van der Waals surface area contributed by atoms with Crippen molar-refractivity contribution in [2.75, 3.05) is 5.32 Å². The van der Waals surface area contributed by atoms with Crippen LogP contribution in [-0.4, -0.2) is 5.91 Å². The molecule has 0 radical (unpaired) electrons. The van der Waals surface area contributed by atoms with Crippen molar-refractivity contribution in [1.82, 2.24) is 0 Å². The molecule has 0 atom stereocenters. The molecular weight excluding hydrogens is 222 g/mol. The first-order valence-corrected chi connectivity index (χ1v) is 5.97. The average molecular weight is 235 g/mol. The van der Waals surface area contributed by atoms with Crippen LogP contribution in [0.4, 0.5) is 5.69 Å². The standard InChI is InChI=1S/C16H13NO/c1-2-11-12-7-3-4-9-14(12)16(18)17-15-10-6-5-8-13(11)15/h2-10H,1H3,(H,17,18)/b11-2-. The number of fused-ring (bicyclic) bond motifs is 2. The second kappa shape index (κ2) is 4.15. The Morgan fingerprint density at radius 2 is 1.50 bits per heavy atom. The van der Waals surface area contributed by atoms with Gasteiger partial charge >= 0.3 is 0 Å². The van der Waals surface area contributed by atoms with Gasteiger partial charge in [0.15, 0.2) is 0 Å². The molecule has 2 heteroatoms. The fraction of sp³-hybridized carbons (Fsp3) is 0.0625. The van der Waals surface area contributed by atoms with Gasteiger partial charge in [-0.3, -0.25) is 4.79 Å². The van der Waals surface area contributed by atoms with E-state index in [4.69, 9.17) is 0 Å². The summed E-state index contributed by atoms with van der Waals surface area (Å²) in [5.74, 6) is -0.0464. The minimum Gasteiger partial charge on any atom is -0.321 e. The molecule has 88 valence electrons. The lowest BCUT2D eigenvalue weighted by Crippen LogP contribution is -2.11. The first-order chi connectivity index (χ1) is 8.81. The van der Waals surface area contributed by atoms with Crippen LogP contribution in [0.3, 0.4) is 0 Å². The predicted octanol–water partition coefficient (Wildman–Crippen LogP) is 3.70. The zero-order chi connectivity index (χ0) is 12.5. The van der Waals surface area contributed by atoms with Crippen LogP contribution in [0.2, 0.25) is 0 Å². The van der Waals surface area contributed by atoms with Crippen molar-refractivity contribution in [3.63, 3.8) is 0 Å². The molecule has 0 spiro atoms. The molecule has 0 bridgehead atoms. The maximum absolute atomic E-state index is 12.2. The summed E-state index contributed by atoms with van der Waals surface area (Å²) in [6.07, 6.45) is 2.05. The normalized spacial score (nSPS) is 15.6. The summed E-state index contributed by atoms with van der Waals surface area (Å²) in [6.45, 7) is 2.00. The van der Waals surface area contributed by atoms with Crippen LogP contribution in [0.5, 0.6) is 0 Å². The Morgan fingerprint density at radius 1 is 0.889 bits per heavy atom. The third kappa shape index (κ3) is 1.54. The van der Waals surface area contributed by atoms with E-state index >= 15 is 0 Å². The summed E-state index contributed by atoms with van der Waals surface area (Å²) in [4.78, 5) is 12.2. The maximum atomic E-state index is 12.2. The minimum atomic E-state index is -0.0464. The monoisotopic (exact) mass is 235 g/mol. The molecule has 0 saturated carbocycles. The molecule has 0 fully saturated rings. The summed E-state index contributed by atoms with van der Waals surface area (Å²) in [5.41, 5.74) is 4.74. The van der Waals surface area contributed by atoms with E-state index in [9.17, 15) is 4.79 Å². The molecule has 2 aromatic carbocycles. The van der Waals surface area contributed by atoms with E-state index in [2.05, 4.69) is 11.4 Å². The molecule has 3 rings (SSSR count). The number of carbonyl (C=O) groups excluding carboxylic acids is 1. The van der Waals surface area contributed by atoms with Gasteiger partial charge in [-0.05, 0) is 30.2 Å². The quantitative estimate of drug-likeness (QED) is 0.741. The Hall–Kier alpha value is -2.35. The second-order valence-electron chi connectivity index (χ2n) is 4.25. The maximum Gasteiger partial charge on any atom is 0.256 e. The molecule has 2 aromatic rings. The van der Waals surface area contributed by atoms with Crippen LogP contribution >= 0.6 is 0 Å². The summed E-state index contributed by atoms with van der Waals surface area (Å²) in [6, 6.07) is 15.6. The van der Waals surface area contributed by atoms with Crippen LogP contribution in [0.1, 0.15) is 28.4 Å². The van der Waals surface area contributed by atoms with E-state index in [-0.39, 0.29) is 5.91 Å². The fourth-order valence-corrected chi connectivity index (χ4v) is 2.39. The molecule has 1 N–H and O–H groups in total. The summed E-state index contributed by atoms with van der Waals surface area (Å²) in [5, 5.41) is 2.96. The third-order valence-corrected chi connectivity index (χ3v) is 3.22. The van der Waals surface area contributed by atoms with Gasteiger partial charge in [0, 0.05) is 16.8 Å². The average Bonchev–Trinajstić information content (AvgIpc) is 2.53. The van der Waals surface area contributed by atoms with Gasteiger partial charge in [0.2, 0.25) is 0 Å². The van der Waals surface area contributed by atoms with E-state index in [1.165, 1.54) is 0 Å². The molecular formula is C16H13NO. The number of amides is 1. The predicted molar refractivity (Wildman–Crippen MR) is 73.6 cm³/mol. The van der Waals surface area contributed by atoms with Crippen molar-refractivity contribution in [3.8, 4) is 0 Å². The zero-order valence-corrected chi connectivity index (χ0v) is 10.1. The number of allylic oxidation sites excluding steroid dienone is 1. The van der Waals surface area contributed by atoms with E-state index in [1.807, 2.05) is 55.5 Å². The number of hydrogen-bond donors (Lipinski definition) is 1. The summed E-state index contributed by atoms with van der Waals surface area (Å²) in [7, 11) is 0. The van der Waals surface area contributed by atoms with Gasteiger partial charge < -0.3 is 5.32 Å². The number of benzene rings is 2. The first-order valence-electron chi connectivity index (χ1n) is 5.97. The molecule has 0 saturated heterocycles. The number of hydrogen-bond acceptors (Lipinski definition) is 1. The Kier molecular flexibility index (Phi) is 2.49. The van der Waals surface area contributed by atoms with Gasteiger partial charge in [-0.15, -0.1) is 0 Å². The highest BCUT2D eigenvalue weighted by Gasteiger charge is 2.21. The molecule has 18 heavy (non-hydrogen) atoms. The van der Waals surface area contributed by atoms with Gasteiger partial charge in [-0.25, -0.2) is 0 Å². The molecule has 1 heterocycles. The van der Waals surface area contributed by atoms with Crippen molar-refractivity contribution < 1.29 is 4.79 Å². The molecule has 1 aliphatic heterocycles. The van der Waals surface area contributed by atoms with Crippen LogP contribution in [0, 0.1) is 0 Å². The second-order valence-corrected chi connectivity index (χ2v) is 4.25. The summed E-state index contributed by atoms with van der Waals surface area (Å²) < 4.78 is 0. The number of para-hydroxylation sites is 1. The van der Waals surface area contributed by atoms with E-state index in [0.717, 1.165) is 28.0 Å². The van der Waals surface area contributed by atoms with Gasteiger partial charge in [-0.2, -0.15) is 0 Å². The van der Waals surface area contributed by atoms with Gasteiger partial charge in [-0.1, -0.05) is 42.5 Å². The summed E-state index contributed by atoms with van der Waals surface area (Å²) >= 11 is 0. The lowest BCUT2D eigenvalue weighted by Gasteiger charge is -2.09. The van der Waals surface area contributed by atoms with E-state index < -0.39 is 0 Å². The van der Waals surface area contributed by atoms with Crippen LogP contribution < -0.4 is 5.32 Å². The Balaban J connectivity index is 2.34. The molecule has 1 aliphatic rings. The fourth-order valence-electron chi connectivity index (χ4n) is 2.39. The minimum absolute atomic E-state index is 0.0464. The van der Waals surface area contributed by atoms with E-state index in [1.54, 1.807) is 0 Å². The SMILES string of the molecule is C/C=C1\c2ccccc2NC(=O)c2ccccc21. The van der Waals surface area contributed by atoms with Crippen LogP contribution in [0.25, 0.3) is 5.57 Å². The number of anilines is 1. The topological polar surface area (TPSA) is 29.1 Å². The van der Waals surface area contributed by atoms with E-state index in [0.29, 0.717) is 0 Å². The van der Waals surface area contributed by atoms with Crippen molar-refractivity contribution in [2.45, 2.75) is 6.92 Å². The largest absolute Gasteiger partial charge is 0.321 e.